The van der Waals surface area contributed by atoms with Gasteiger partial charge < -0.3 is 15.8 Å². The second kappa shape index (κ2) is 8.59. The van der Waals surface area contributed by atoms with Crippen LogP contribution in [0.1, 0.15) is 59.3 Å². The van der Waals surface area contributed by atoms with Gasteiger partial charge in [-0.1, -0.05) is 19.3 Å². The van der Waals surface area contributed by atoms with Gasteiger partial charge in [-0.2, -0.15) is 0 Å². The Morgan fingerprint density at radius 1 is 1.24 bits per heavy atom. The second-order valence-electron chi connectivity index (χ2n) is 6.34. The molecule has 0 aromatic rings. The van der Waals surface area contributed by atoms with Crippen molar-refractivity contribution in [3.05, 3.63) is 0 Å². The topological polar surface area (TPSA) is 81.4 Å². The molecule has 1 fully saturated rings. The average molecular weight is 321 g/mol. The molecule has 0 saturated heterocycles. The van der Waals surface area contributed by atoms with Crippen LogP contribution in [0.5, 0.6) is 0 Å². The number of nitrogens with one attached hydrogen (secondary N) is 1. The molecule has 5 nitrogen and oxygen atoms in total. The van der Waals surface area contributed by atoms with Crippen LogP contribution < -0.4 is 11.1 Å². The minimum Gasteiger partial charge on any atom is -0.464 e. The maximum Gasteiger partial charge on any atom is 0.331 e. The average Bonchev–Trinajstić information content (AvgIpc) is 2.39. The molecule has 3 N–H and O–H groups in total. The SMILES string of the molecule is CCOC(=O)C(C)(C)NC(=O)CC1(CN)CCCCC1.Cl. The number of hydrogen-bond acceptors (Lipinski definition) is 4. The molecule has 0 heterocycles. The summed E-state index contributed by atoms with van der Waals surface area (Å²) >= 11 is 0. The predicted octanol–water partition coefficient (Wildman–Crippen LogP) is 2.17. The number of amides is 1. The lowest BCUT2D eigenvalue weighted by Gasteiger charge is -2.36. The number of ether oxygens (including phenoxy) is 1. The van der Waals surface area contributed by atoms with Gasteiger partial charge in [0.1, 0.15) is 5.54 Å². The van der Waals surface area contributed by atoms with Crippen LogP contribution in [-0.2, 0) is 14.3 Å². The van der Waals surface area contributed by atoms with E-state index in [2.05, 4.69) is 5.32 Å². The van der Waals surface area contributed by atoms with Gasteiger partial charge in [0, 0.05) is 6.42 Å². The molecule has 21 heavy (non-hydrogen) atoms. The van der Waals surface area contributed by atoms with Crippen molar-refractivity contribution in [2.45, 2.75) is 64.8 Å². The molecule has 6 heteroatoms. The first-order valence-corrected chi connectivity index (χ1v) is 7.53. The normalized spacial score (nSPS) is 17.5. The van der Waals surface area contributed by atoms with Crippen molar-refractivity contribution in [2.24, 2.45) is 11.1 Å². The van der Waals surface area contributed by atoms with Gasteiger partial charge in [-0.25, -0.2) is 4.79 Å². The fraction of sp³-hybridized carbons (Fsp3) is 0.867. The fourth-order valence-corrected chi connectivity index (χ4v) is 2.85. The van der Waals surface area contributed by atoms with Crippen LogP contribution in [-0.4, -0.2) is 30.6 Å². The zero-order valence-electron chi connectivity index (χ0n) is 13.4. The largest absolute Gasteiger partial charge is 0.464 e. The first-order chi connectivity index (χ1) is 9.35. The number of carbonyl (C=O) groups excluding carboxylic acids is 2. The summed E-state index contributed by atoms with van der Waals surface area (Å²) in [5.41, 5.74) is 4.81. The highest BCUT2D eigenvalue weighted by Crippen LogP contribution is 2.38. The second-order valence-corrected chi connectivity index (χ2v) is 6.34. The zero-order chi connectivity index (χ0) is 15.2. The van der Waals surface area contributed by atoms with Crippen molar-refractivity contribution in [1.29, 1.82) is 0 Å². The van der Waals surface area contributed by atoms with Gasteiger partial charge in [-0.15, -0.1) is 12.4 Å². The lowest BCUT2D eigenvalue weighted by molar-refractivity contribution is -0.152. The van der Waals surface area contributed by atoms with E-state index >= 15 is 0 Å². The van der Waals surface area contributed by atoms with Gasteiger partial charge >= 0.3 is 5.97 Å². The quantitative estimate of drug-likeness (QED) is 0.735. The molecule has 1 saturated carbocycles. The first-order valence-electron chi connectivity index (χ1n) is 7.53. The van der Waals surface area contributed by atoms with E-state index in [0.29, 0.717) is 19.6 Å². The first kappa shape index (κ1) is 20.2. The van der Waals surface area contributed by atoms with Crippen molar-refractivity contribution in [1.82, 2.24) is 5.32 Å². The minimum atomic E-state index is -0.989. The van der Waals surface area contributed by atoms with Gasteiger partial charge in [-0.3, -0.25) is 4.79 Å². The van der Waals surface area contributed by atoms with E-state index in [4.69, 9.17) is 10.5 Å². The number of carbonyl (C=O) groups is 2. The van der Waals surface area contributed by atoms with E-state index in [1.54, 1.807) is 20.8 Å². The Balaban J connectivity index is 0.00000400. The molecule has 0 aromatic heterocycles. The summed E-state index contributed by atoms with van der Waals surface area (Å²) in [6.07, 6.45) is 5.87. The maximum atomic E-state index is 12.2. The van der Waals surface area contributed by atoms with Crippen molar-refractivity contribution in [2.75, 3.05) is 13.2 Å². The third-order valence-corrected chi connectivity index (χ3v) is 4.12. The van der Waals surface area contributed by atoms with E-state index in [1.807, 2.05) is 0 Å². The molecule has 0 bridgehead atoms. The molecule has 0 spiro atoms. The highest BCUT2D eigenvalue weighted by molar-refractivity contribution is 5.87. The monoisotopic (exact) mass is 320 g/mol. The molecule has 1 aliphatic carbocycles. The maximum absolute atomic E-state index is 12.2. The highest BCUT2D eigenvalue weighted by Gasteiger charge is 2.36. The standard InChI is InChI=1S/C15H28N2O3.ClH/c1-4-20-13(19)14(2,3)17-12(18)10-15(11-16)8-6-5-7-9-15;/h4-11,16H2,1-3H3,(H,17,18);1H. The molecule has 0 aromatic carbocycles. The third-order valence-electron chi connectivity index (χ3n) is 4.12. The van der Waals surface area contributed by atoms with Crippen molar-refractivity contribution in [3.8, 4) is 0 Å². The molecule has 124 valence electrons. The summed E-state index contributed by atoms with van der Waals surface area (Å²) in [4.78, 5) is 24.0. The van der Waals surface area contributed by atoms with Crippen LogP contribution >= 0.6 is 12.4 Å². The fourth-order valence-electron chi connectivity index (χ4n) is 2.85. The van der Waals surface area contributed by atoms with Crippen molar-refractivity contribution < 1.29 is 14.3 Å². The van der Waals surface area contributed by atoms with Crippen LogP contribution in [0.4, 0.5) is 0 Å². The van der Waals surface area contributed by atoms with Crippen LogP contribution in [0, 0.1) is 5.41 Å². The molecular weight excluding hydrogens is 292 g/mol. The Hall–Kier alpha value is -0.810. The summed E-state index contributed by atoms with van der Waals surface area (Å²) in [5.74, 6) is -0.519. The van der Waals surface area contributed by atoms with Crippen molar-refractivity contribution >= 4 is 24.3 Å². The van der Waals surface area contributed by atoms with E-state index < -0.39 is 11.5 Å². The number of hydrogen-bond donors (Lipinski definition) is 2. The minimum absolute atomic E-state index is 0. The third kappa shape index (κ3) is 5.83. The van der Waals surface area contributed by atoms with Gasteiger partial charge in [-0.05, 0) is 45.6 Å². The Morgan fingerprint density at radius 3 is 2.29 bits per heavy atom. The number of nitrogens with two attached hydrogens (primary N) is 1. The molecule has 1 rings (SSSR count). The van der Waals surface area contributed by atoms with Gasteiger partial charge in [0.05, 0.1) is 6.61 Å². The Bertz CT molecular complexity index is 353. The molecule has 0 aliphatic heterocycles. The zero-order valence-corrected chi connectivity index (χ0v) is 14.2. The Labute approximate surface area is 133 Å². The van der Waals surface area contributed by atoms with Crippen molar-refractivity contribution in [3.63, 3.8) is 0 Å². The van der Waals surface area contributed by atoms with E-state index in [1.165, 1.54) is 6.42 Å². The molecule has 1 aliphatic rings. The number of esters is 1. The summed E-state index contributed by atoms with van der Waals surface area (Å²) in [6, 6.07) is 0. The highest BCUT2D eigenvalue weighted by atomic mass is 35.5. The van der Waals surface area contributed by atoms with Crippen LogP contribution in [0.3, 0.4) is 0 Å². The smallest absolute Gasteiger partial charge is 0.331 e. The number of halogens is 1. The summed E-state index contributed by atoms with van der Waals surface area (Å²) in [6.45, 7) is 5.92. The molecule has 0 atom stereocenters. The van der Waals surface area contributed by atoms with E-state index in [9.17, 15) is 9.59 Å². The van der Waals surface area contributed by atoms with Gasteiger partial charge in [0.25, 0.3) is 0 Å². The summed E-state index contributed by atoms with van der Waals surface area (Å²) in [7, 11) is 0. The molecule has 1 amide bonds. The Kier molecular flexibility index (Phi) is 8.26. The lowest BCUT2D eigenvalue weighted by Crippen LogP contribution is -2.52. The molecular formula is C15H29ClN2O3. The van der Waals surface area contributed by atoms with Crippen LogP contribution in [0.25, 0.3) is 0 Å². The van der Waals surface area contributed by atoms with Gasteiger partial charge in [0.15, 0.2) is 0 Å². The van der Waals surface area contributed by atoms with Gasteiger partial charge in [0.2, 0.25) is 5.91 Å². The van der Waals surface area contributed by atoms with Crippen LogP contribution in [0.2, 0.25) is 0 Å². The predicted molar refractivity (Wildman–Crippen MR) is 85.3 cm³/mol. The molecule has 0 radical (unpaired) electrons. The van der Waals surface area contributed by atoms with Crippen LogP contribution in [0.15, 0.2) is 0 Å². The number of rotatable bonds is 6. The summed E-state index contributed by atoms with van der Waals surface area (Å²) < 4.78 is 4.97. The van der Waals surface area contributed by atoms with E-state index in [0.717, 1.165) is 25.7 Å². The summed E-state index contributed by atoms with van der Waals surface area (Å²) in [5, 5.41) is 2.78. The molecule has 0 unspecified atom stereocenters. The Morgan fingerprint density at radius 2 is 1.81 bits per heavy atom. The van der Waals surface area contributed by atoms with E-state index in [-0.39, 0.29) is 23.7 Å². The lowest BCUT2D eigenvalue weighted by atomic mass is 9.71.